The van der Waals surface area contributed by atoms with Gasteiger partial charge in [-0.15, -0.1) is 0 Å². The maximum Gasteiger partial charge on any atom is 0.227 e. The zero-order chi connectivity index (χ0) is 14.9. The highest BCUT2D eigenvalue weighted by atomic mass is 16.2. The molecule has 0 aliphatic carbocycles. The number of aryl methyl sites for hydroxylation is 1. The van der Waals surface area contributed by atoms with Crippen molar-refractivity contribution >= 4 is 11.7 Å². The summed E-state index contributed by atoms with van der Waals surface area (Å²) in [6.07, 6.45) is 3.67. The van der Waals surface area contributed by atoms with Crippen molar-refractivity contribution in [2.45, 2.75) is 19.4 Å². The van der Waals surface area contributed by atoms with E-state index in [0.29, 0.717) is 24.5 Å². The van der Waals surface area contributed by atoms with Crippen molar-refractivity contribution in [2.75, 3.05) is 11.9 Å². The number of anilines is 1. The molecule has 0 saturated heterocycles. The summed E-state index contributed by atoms with van der Waals surface area (Å²) in [6.45, 7) is 0.480. The Morgan fingerprint density at radius 1 is 1.43 bits per heavy atom. The minimum Gasteiger partial charge on any atom is -0.395 e. The van der Waals surface area contributed by atoms with Gasteiger partial charge in [0.15, 0.2) is 0 Å². The summed E-state index contributed by atoms with van der Waals surface area (Å²) in [7, 11) is 0. The van der Waals surface area contributed by atoms with Crippen LogP contribution in [0.25, 0.3) is 0 Å². The Morgan fingerprint density at radius 3 is 3.10 bits per heavy atom. The van der Waals surface area contributed by atoms with Gasteiger partial charge in [0.25, 0.3) is 0 Å². The summed E-state index contributed by atoms with van der Waals surface area (Å²) < 4.78 is 1.59. The third-order valence-corrected chi connectivity index (χ3v) is 2.50. The smallest absolute Gasteiger partial charge is 0.227 e. The first-order chi connectivity index (χ1) is 10.3. The SMILES string of the molecule is O=C(CCn1cncn1)Nc1cccc(C#CCCO)n1. The van der Waals surface area contributed by atoms with Crippen LogP contribution in [0.15, 0.2) is 30.9 Å². The summed E-state index contributed by atoms with van der Waals surface area (Å²) in [5.41, 5.74) is 0.553. The zero-order valence-corrected chi connectivity index (χ0v) is 11.4. The number of carbonyl (C=O) groups excluding carboxylic acids is 1. The van der Waals surface area contributed by atoms with Gasteiger partial charge in [-0.3, -0.25) is 9.48 Å². The minimum atomic E-state index is -0.154. The van der Waals surface area contributed by atoms with Gasteiger partial charge < -0.3 is 10.4 Å². The third kappa shape index (κ3) is 5.04. The number of rotatable bonds is 5. The molecule has 7 heteroatoms. The van der Waals surface area contributed by atoms with Gasteiger partial charge in [-0.25, -0.2) is 9.97 Å². The Labute approximate surface area is 122 Å². The van der Waals surface area contributed by atoms with Crippen molar-refractivity contribution < 1.29 is 9.90 Å². The molecule has 2 aromatic rings. The van der Waals surface area contributed by atoms with Crippen LogP contribution < -0.4 is 5.32 Å². The molecule has 0 aliphatic heterocycles. The van der Waals surface area contributed by atoms with Crippen molar-refractivity contribution in [2.24, 2.45) is 0 Å². The van der Waals surface area contributed by atoms with Crippen LogP contribution in [0.3, 0.4) is 0 Å². The van der Waals surface area contributed by atoms with E-state index in [1.165, 1.54) is 6.33 Å². The normalized spacial score (nSPS) is 9.76. The lowest BCUT2D eigenvalue weighted by atomic mass is 10.3. The molecule has 2 N–H and O–H groups in total. The van der Waals surface area contributed by atoms with Crippen LogP contribution in [0.4, 0.5) is 5.82 Å². The average molecular weight is 285 g/mol. The lowest BCUT2D eigenvalue weighted by Gasteiger charge is -2.04. The number of hydrogen-bond donors (Lipinski definition) is 2. The highest BCUT2D eigenvalue weighted by Crippen LogP contribution is 2.05. The van der Waals surface area contributed by atoms with Gasteiger partial charge in [0, 0.05) is 12.8 Å². The number of nitrogens with zero attached hydrogens (tertiary/aromatic N) is 4. The van der Waals surface area contributed by atoms with E-state index in [-0.39, 0.29) is 18.9 Å². The molecule has 0 unspecified atom stereocenters. The molecule has 0 aromatic carbocycles. The average Bonchev–Trinajstić information content (AvgIpc) is 2.99. The van der Waals surface area contributed by atoms with Crippen LogP contribution in [-0.4, -0.2) is 37.4 Å². The van der Waals surface area contributed by atoms with Crippen LogP contribution in [0, 0.1) is 11.8 Å². The second-order valence-corrected chi connectivity index (χ2v) is 4.14. The second-order valence-electron chi connectivity index (χ2n) is 4.14. The monoisotopic (exact) mass is 285 g/mol. The van der Waals surface area contributed by atoms with Crippen molar-refractivity contribution in [1.29, 1.82) is 0 Å². The van der Waals surface area contributed by atoms with Gasteiger partial charge in [-0.05, 0) is 18.1 Å². The van der Waals surface area contributed by atoms with Crippen LogP contribution in [0.5, 0.6) is 0 Å². The minimum absolute atomic E-state index is 0.0196. The van der Waals surface area contributed by atoms with Crippen molar-refractivity contribution in [3.63, 3.8) is 0 Å². The van der Waals surface area contributed by atoms with Gasteiger partial charge in [0.2, 0.25) is 5.91 Å². The Bertz CT molecular complexity index is 643. The van der Waals surface area contributed by atoms with Gasteiger partial charge in [0.05, 0.1) is 13.2 Å². The van der Waals surface area contributed by atoms with E-state index in [0.717, 1.165) is 0 Å². The molecule has 2 rings (SSSR count). The Kier molecular flexibility index (Phi) is 5.43. The molecule has 1 amide bonds. The maximum absolute atomic E-state index is 11.8. The largest absolute Gasteiger partial charge is 0.395 e. The topological polar surface area (TPSA) is 92.9 Å². The first-order valence-corrected chi connectivity index (χ1v) is 6.47. The number of aliphatic hydroxyl groups excluding tert-OH is 1. The third-order valence-electron chi connectivity index (χ3n) is 2.50. The van der Waals surface area contributed by atoms with Crippen LogP contribution in [0.2, 0.25) is 0 Å². The molecule has 0 atom stereocenters. The molecular formula is C14H15N5O2. The summed E-state index contributed by atoms with van der Waals surface area (Å²) in [5.74, 6) is 5.90. The number of aromatic nitrogens is 4. The molecule has 7 nitrogen and oxygen atoms in total. The number of nitrogens with one attached hydrogen (secondary N) is 1. The maximum atomic E-state index is 11.8. The predicted octanol–water partition coefficient (Wildman–Crippen LogP) is 0.436. The standard InChI is InChI=1S/C14H15N5O2/c20-9-2-1-4-12-5-3-6-13(17-12)18-14(21)7-8-19-11-15-10-16-19/h3,5-6,10-11,20H,2,7-9H2,(H,17,18,21). The van der Waals surface area contributed by atoms with Gasteiger partial charge in [-0.2, -0.15) is 5.10 Å². The molecule has 2 heterocycles. The van der Waals surface area contributed by atoms with E-state index in [2.05, 4.69) is 32.2 Å². The fraction of sp³-hybridized carbons (Fsp3) is 0.286. The van der Waals surface area contributed by atoms with Gasteiger partial charge >= 0.3 is 0 Å². The van der Waals surface area contributed by atoms with Crippen LogP contribution >= 0.6 is 0 Å². The molecule has 0 bridgehead atoms. The molecule has 21 heavy (non-hydrogen) atoms. The Hall–Kier alpha value is -2.72. The van der Waals surface area contributed by atoms with E-state index in [1.54, 1.807) is 29.2 Å². The molecule has 0 saturated carbocycles. The number of carbonyl (C=O) groups is 1. The molecule has 0 spiro atoms. The number of amides is 1. The number of aliphatic hydroxyl groups is 1. The number of hydrogen-bond acceptors (Lipinski definition) is 5. The van der Waals surface area contributed by atoms with E-state index >= 15 is 0 Å². The molecule has 0 radical (unpaired) electrons. The highest BCUT2D eigenvalue weighted by molar-refractivity contribution is 5.89. The van der Waals surface area contributed by atoms with E-state index in [4.69, 9.17) is 5.11 Å². The molecular weight excluding hydrogens is 270 g/mol. The molecule has 2 aromatic heterocycles. The van der Waals surface area contributed by atoms with Crippen LogP contribution in [-0.2, 0) is 11.3 Å². The van der Waals surface area contributed by atoms with E-state index in [9.17, 15) is 4.79 Å². The fourth-order valence-corrected chi connectivity index (χ4v) is 1.55. The molecule has 0 aliphatic rings. The van der Waals surface area contributed by atoms with Crippen LogP contribution in [0.1, 0.15) is 18.5 Å². The lowest BCUT2D eigenvalue weighted by molar-refractivity contribution is -0.116. The first kappa shape index (κ1) is 14.7. The summed E-state index contributed by atoms with van der Waals surface area (Å²) in [4.78, 5) is 19.8. The lowest BCUT2D eigenvalue weighted by Crippen LogP contribution is -2.15. The second kappa shape index (κ2) is 7.77. The quantitative estimate of drug-likeness (QED) is 0.777. The summed E-state index contributed by atoms with van der Waals surface area (Å²) in [6, 6.07) is 5.21. The molecule has 0 fully saturated rings. The van der Waals surface area contributed by atoms with Gasteiger partial charge in [-0.1, -0.05) is 12.0 Å². The van der Waals surface area contributed by atoms with Crippen molar-refractivity contribution in [3.05, 3.63) is 36.5 Å². The van der Waals surface area contributed by atoms with Gasteiger partial charge in [0.1, 0.15) is 24.2 Å². The highest BCUT2D eigenvalue weighted by Gasteiger charge is 2.04. The Morgan fingerprint density at radius 2 is 2.33 bits per heavy atom. The molecule has 108 valence electrons. The van der Waals surface area contributed by atoms with Crippen molar-refractivity contribution in [3.8, 4) is 11.8 Å². The van der Waals surface area contributed by atoms with Crippen molar-refractivity contribution in [1.82, 2.24) is 19.7 Å². The fourth-order valence-electron chi connectivity index (χ4n) is 1.55. The zero-order valence-electron chi connectivity index (χ0n) is 11.4. The summed E-state index contributed by atoms with van der Waals surface area (Å²) >= 11 is 0. The first-order valence-electron chi connectivity index (χ1n) is 6.47. The summed E-state index contributed by atoms with van der Waals surface area (Å²) in [5, 5.41) is 15.3. The predicted molar refractivity (Wildman–Crippen MR) is 76.1 cm³/mol. The van der Waals surface area contributed by atoms with E-state index < -0.39 is 0 Å². The number of pyridine rings is 1. The van der Waals surface area contributed by atoms with E-state index in [1.807, 2.05) is 0 Å². The Balaban J connectivity index is 1.88.